The third-order valence-corrected chi connectivity index (χ3v) is 7.29. The van der Waals surface area contributed by atoms with Gasteiger partial charge in [-0.05, 0) is 48.1 Å². The molecule has 41 heavy (non-hydrogen) atoms. The lowest BCUT2D eigenvalue weighted by Crippen LogP contribution is -2.45. The second kappa shape index (κ2) is 10.1. The van der Waals surface area contributed by atoms with Crippen LogP contribution in [0.5, 0.6) is 0 Å². The SMILES string of the molecule is [B]C(Nc1cc(-c2cn[nH]c2)c2ncc(C#N)c(NCC(C)(C)C)c2c1)(C1=CN(C2CC2)NN1)c1ccc(F)cc1. The summed E-state index contributed by atoms with van der Waals surface area (Å²) in [6.45, 7) is 7.04. The van der Waals surface area contributed by atoms with Crippen LogP contribution in [0.4, 0.5) is 15.8 Å². The Kier molecular flexibility index (Phi) is 6.58. The average molecular weight is 547 g/mol. The lowest BCUT2D eigenvalue weighted by Gasteiger charge is -2.34. The van der Waals surface area contributed by atoms with Crippen LogP contribution in [-0.4, -0.2) is 40.6 Å². The molecule has 2 aromatic carbocycles. The number of nitrogens with one attached hydrogen (secondary N) is 5. The third kappa shape index (κ3) is 5.31. The van der Waals surface area contributed by atoms with Crippen LogP contribution in [-0.2, 0) is 5.44 Å². The van der Waals surface area contributed by atoms with Crippen LogP contribution in [0, 0.1) is 22.6 Å². The van der Waals surface area contributed by atoms with Gasteiger partial charge in [-0.25, -0.2) is 4.39 Å². The fourth-order valence-corrected chi connectivity index (χ4v) is 4.94. The van der Waals surface area contributed by atoms with Crippen molar-refractivity contribution in [1.82, 2.24) is 31.2 Å². The van der Waals surface area contributed by atoms with Crippen molar-refractivity contribution in [2.45, 2.75) is 45.1 Å². The van der Waals surface area contributed by atoms with Crippen LogP contribution in [0.2, 0.25) is 0 Å². The quantitative estimate of drug-likeness (QED) is 0.199. The Morgan fingerprint density at radius 3 is 2.61 bits per heavy atom. The number of fused-ring (bicyclic) bond motifs is 1. The summed E-state index contributed by atoms with van der Waals surface area (Å²) in [4.78, 5) is 4.69. The molecule has 1 atom stereocenters. The second-order valence-electron chi connectivity index (χ2n) is 11.8. The first kappa shape index (κ1) is 26.7. The minimum absolute atomic E-state index is 0.0262. The minimum Gasteiger partial charge on any atom is -0.383 e. The summed E-state index contributed by atoms with van der Waals surface area (Å²) in [5.41, 5.74) is 10.7. The molecule has 11 heteroatoms. The number of benzene rings is 2. The van der Waals surface area contributed by atoms with Gasteiger partial charge in [0.15, 0.2) is 0 Å². The molecule has 5 N–H and O–H groups in total. The molecule has 0 amide bonds. The van der Waals surface area contributed by atoms with Crippen LogP contribution in [0.1, 0.15) is 44.7 Å². The van der Waals surface area contributed by atoms with E-state index in [-0.39, 0.29) is 11.2 Å². The van der Waals surface area contributed by atoms with Crippen LogP contribution in [0.3, 0.4) is 0 Å². The number of aromatic nitrogens is 3. The maximum atomic E-state index is 14.0. The molecule has 9 nitrogen and oxygen atoms in total. The van der Waals surface area contributed by atoms with E-state index >= 15 is 0 Å². The number of halogens is 1. The number of hydrogen-bond donors (Lipinski definition) is 5. The van der Waals surface area contributed by atoms with Crippen LogP contribution in [0.15, 0.2) is 66.9 Å². The van der Waals surface area contributed by atoms with E-state index in [2.05, 4.69) is 63.6 Å². The van der Waals surface area contributed by atoms with E-state index in [1.54, 1.807) is 30.7 Å². The van der Waals surface area contributed by atoms with E-state index in [1.165, 1.54) is 12.1 Å². The number of H-pyrrole nitrogens is 1. The molecule has 4 aromatic rings. The minimum atomic E-state index is -1.26. The summed E-state index contributed by atoms with van der Waals surface area (Å²) in [5.74, 6) is -0.347. The Bertz CT molecular complexity index is 1650. The molecular weight excluding hydrogens is 516 g/mol. The second-order valence-corrected chi connectivity index (χ2v) is 11.8. The first-order valence-corrected chi connectivity index (χ1v) is 13.6. The van der Waals surface area contributed by atoms with Gasteiger partial charge >= 0.3 is 0 Å². The van der Waals surface area contributed by atoms with E-state index < -0.39 is 5.44 Å². The first-order chi connectivity index (χ1) is 19.6. The maximum Gasteiger partial charge on any atom is 0.123 e. The van der Waals surface area contributed by atoms with Crippen LogP contribution in [0.25, 0.3) is 22.0 Å². The van der Waals surface area contributed by atoms with E-state index in [0.29, 0.717) is 40.8 Å². The van der Waals surface area contributed by atoms with Crippen molar-refractivity contribution >= 4 is 30.1 Å². The molecule has 0 bridgehead atoms. The summed E-state index contributed by atoms with van der Waals surface area (Å²) in [5, 5.41) is 26.8. The van der Waals surface area contributed by atoms with Crippen molar-refractivity contribution < 1.29 is 4.39 Å². The summed E-state index contributed by atoms with van der Waals surface area (Å²) in [6.07, 6.45) is 9.27. The maximum absolute atomic E-state index is 14.0. The summed E-state index contributed by atoms with van der Waals surface area (Å²) < 4.78 is 14.0. The molecule has 2 aromatic heterocycles. The number of hydrazine groups is 2. The average Bonchev–Trinajstić information content (AvgIpc) is 3.42. The van der Waals surface area contributed by atoms with Gasteiger partial charge < -0.3 is 16.1 Å². The number of anilines is 2. The van der Waals surface area contributed by atoms with Gasteiger partial charge in [-0.3, -0.25) is 15.1 Å². The highest BCUT2D eigenvalue weighted by Crippen LogP contribution is 2.39. The fourth-order valence-electron chi connectivity index (χ4n) is 4.94. The number of hydrogen-bond acceptors (Lipinski definition) is 8. The van der Waals surface area contributed by atoms with E-state index in [4.69, 9.17) is 7.85 Å². The Morgan fingerprint density at radius 1 is 1.17 bits per heavy atom. The van der Waals surface area contributed by atoms with Gasteiger partial charge in [-0.15, -0.1) is 5.53 Å². The zero-order valence-electron chi connectivity index (χ0n) is 23.2. The number of pyridine rings is 1. The van der Waals surface area contributed by atoms with E-state index in [9.17, 15) is 9.65 Å². The predicted molar refractivity (Wildman–Crippen MR) is 159 cm³/mol. The smallest absolute Gasteiger partial charge is 0.123 e. The zero-order valence-corrected chi connectivity index (χ0v) is 23.2. The van der Waals surface area contributed by atoms with Gasteiger partial charge in [0.2, 0.25) is 0 Å². The van der Waals surface area contributed by atoms with Crippen molar-refractivity contribution in [2.24, 2.45) is 5.41 Å². The van der Waals surface area contributed by atoms with Gasteiger partial charge in [0.05, 0.1) is 34.1 Å². The Balaban J connectivity index is 1.52. The zero-order chi connectivity index (χ0) is 28.8. The number of aromatic amines is 1. The van der Waals surface area contributed by atoms with Crippen molar-refractivity contribution in [3.05, 3.63) is 83.8 Å². The molecule has 1 unspecified atom stereocenters. The molecule has 3 heterocycles. The van der Waals surface area contributed by atoms with Crippen LogP contribution < -0.4 is 21.6 Å². The van der Waals surface area contributed by atoms with Gasteiger partial charge in [-0.1, -0.05) is 32.9 Å². The predicted octanol–water partition coefficient (Wildman–Crippen LogP) is 4.86. The molecule has 2 radical (unpaired) electrons. The van der Waals surface area contributed by atoms with Crippen molar-refractivity contribution in [3.63, 3.8) is 0 Å². The molecule has 2 aliphatic rings. The van der Waals surface area contributed by atoms with E-state index in [1.807, 2.05) is 23.3 Å². The van der Waals surface area contributed by atoms with Crippen molar-refractivity contribution in [3.8, 4) is 17.2 Å². The monoisotopic (exact) mass is 547 g/mol. The van der Waals surface area contributed by atoms with Gasteiger partial charge in [0.1, 0.15) is 19.7 Å². The number of nitrogens with zero attached hydrogens (tertiary/aromatic N) is 4. The molecule has 1 aliphatic carbocycles. The molecular formula is C30H31BFN9. The molecule has 0 spiro atoms. The molecule has 206 valence electrons. The number of nitriles is 1. The first-order valence-electron chi connectivity index (χ1n) is 13.6. The fraction of sp³-hybridized carbons (Fsp3) is 0.300. The molecule has 1 saturated carbocycles. The molecule has 6 rings (SSSR count). The summed E-state index contributed by atoms with van der Waals surface area (Å²) >= 11 is 0. The topological polar surface area (TPSA) is 117 Å². The lowest BCUT2D eigenvalue weighted by molar-refractivity contribution is 0.260. The van der Waals surface area contributed by atoms with Gasteiger partial charge in [0.25, 0.3) is 0 Å². The largest absolute Gasteiger partial charge is 0.383 e. The standard InChI is InChI=1S/C30H31BFN9/c1-29(2,3)17-35-27-18(12-33)13-34-28-24(19-14-36-37-15-19)10-22(11-25(27)28)38-30(31,20-4-6-21(32)7-5-20)26-16-41(40-39-26)23-8-9-23/h4-7,10-11,13-16,23,38-40H,8-9,17H2,1-3H3,(H,34,35)(H,36,37). The lowest BCUT2D eigenvalue weighted by atomic mass is 9.69. The molecule has 1 fully saturated rings. The number of rotatable bonds is 8. The van der Waals surface area contributed by atoms with Crippen molar-refractivity contribution in [1.29, 1.82) is 5.26 Å². The molecule has 0 saturated heterocycles. The normalized spacial score (nSPS) is 16.6. The van der Waals surface area contributed by atoms with Crippen molar-refractivity contribution in [2.75, 3.05) is 17.2 Å². The highest BCUT2D eigenvalue weighted by Gasteiger charge is 2.38. The summed E-state index contributed by atoms with van der Waals surface area (Å²) in [7, 11) is 7.18. The van der Waals surface area contributed by atoms with Gasteiger partial charge in [0, 0.05) is 53.4 Å². The van der Waals surface area contributed by atoms with Crippen LogP contribution >= 0.6 is 0 Å². The molecule has 1 aliphatic heterocycles. The summed E-state index contributed by atoms with van der Waals surface area (Å²) in [6, 6.07) is 12.7. The Hall–Kier alpha value is -4.56. The Labute approximate surface area is 239 Å². The van der Waals surface area contributed by atoms with Gasteiger partial charge in [-0.2, -0.15) is 10.4 Å². The van der Waals surface area contributed by atoms with E-state index in [0.717, 1.165) is 34.9 Å². The highest BCUT2D eigenvalue weighted by atomic mass is 19.1. The Morgan fingerprint density at radius 2 is 1.95 bits per heavy atom. The highest BCUT2D eigenvalue weighted by molar-refractivity contribution is 6.19. The third-order valence-electron chi connectivity index (χ3n) is 7.29.